The molecule has 1 amide bonds. The van der Waals surface area contributed by atoms with E-state index in [0.717, 1.165) is 6.42 Å². The van der Waals surface area contributed by atoms with E-state index >= 15 is 0 Å². The largest absolute Gasteiger partial charge is 0.300 e. The molecule has 63 valence electrons. The van der Waals surface area contributed by atoms with Crippen molar-refractivity contribution in [2.24, 2.45) is 0 Å². The van der Waals surface area contributed by atoms with Gasteiger partial charge in [-0.2, -0.15) is 0 Å². The third-order valence-electron chi connectivity index (χ3n) is 1.39. The Hall–Kier alpha value is -0.860. The number of hydrogen-bond acceptors (Lipinski definition) is 2. The molecular weight excluding hydrogens is 142 g/mol. The molecule has 0 aromatic heterocycles. The Morgan fingerprint density at radius 2 is 1.82 bits per heavy atom. The van der Waals surface area contributed by atoms with Crippen molar-refractivity contribution in [2.75, 3.05) is 0 Å². The van der Waals surface area contributed by atoms with Crippen LogP contribution in [0.15, 0.2) is 0 Å². The van der Waals surface area contributed by atoms with Crippen LogP contribution in [0.3, 0.4) is 0 Å². The smallest absolute Gasteiger partial charge is 0.238 e. The van der Waals surface area contributed by atoms with Crippen molar-refractivity contribution in [3.63, 3.8) is 0 Å². The normalized spacial score (nSPS) is 9.55. The van der Waals surface area contributed by atoms with E-state index < -0.39 is 5.91 Å². The minimum Gasteiger partial charge on any atom is -0.300 e. The van der Waals surface area contributed by atoms with E-state index in [1.165, 1.54) is 0 Å². The third-order valence-corrected chi connectivity index (χ3v) is 1.39. The average molecular weight is 156 g/mol. The maximum Gasteiger partial charge on any atom is 0.238 e. The van der Waals surface area contributed by atoms with Gasteiger partial charge < -0.3 is 0 Å². The summed E-state index contributed by atoms with van der Waals surface area (Å²) in [5.74, 6) is -0.372. The van der Waals surface area contributed by atoms with E-state index in [4.69, 9.17) is 5.73 Å². The topological polar surface area (TPSA) is 57.9 Å². The number of ketones is 1. The molecule has 0 aliphatic carbocycles. The van der Waals surface area contributed by atoms with Gasteiger partial charge in [0.25, 0.3) is 0 Å². The molecular formula is C8H14NO2. The van der Waals surface area contributed by atoms with Crippen LogP contribution in [0, 0.1) is 0 Å². The van der Waals surface area contributed by atoms with E-state index in [0.29, 0.717) is 19.3 Å². The summed E-state index contributed by atoms with van der Waals surface area (Å²) >= 11 is 0. The number of Topliss-reactive ketones (excluding diaryl/α,β-unsaturated/α-hetero) is 1. The number of carbonyl (C=O) groups excluding carboxylic acids is 2. The molecule has 0 atom stereocenters. The summed E-state index contributed by atoms with van der Waals surface area (Å²) in [6, 6.07) is 0. The molecule has 0 fully saturated rings. The zero-order chi connectivity index (χ0) is 8.69. The Morgan fingerprint density at radius 1 is 1.18 bits per heavy atom. The third kappa shape index (κ3) is 7.03. The summed E-state index contributed by atoms with van der Waals surface area (Å²) in [6.45, 7) is 1.95. The lowest BCUT2D eigenvalue weighted by molar-refractivity contribution is -0.120. The number of nitrogens with one attached hydrogen (secondary N) is 1. The SMILES string of the molecule is CCCC(=O)CCCC([NH])=O. The minimum absolute atomic E-state index is 0.203. The van der Waals surface area contributed by atoms with Crippen LogP contribution in [-0.2, 0) is 9.59 Å². The van der Waals surface area contributed by atoms with Gasteiger partial charge >= 0.3 is 0 Å². The molecule has 0 rings (SSSR count). The van der Waals surface area contributed by atoms with E-state index in [-0.39, 0.29) is 12.2 Å². The fraction of sp³-hybridized carbons (Fsp3) is 0.750. The molecule has 0 aliphatic heterocycles. The lowest BCUT2D eigenvalue weighted by atomic mass is 10.1. The van der Waals surface area contributed by atoms with Crippen LogP contribution in [0.4, 0.5) is 0 Å². The lowest BCUT2D eigenvalue weighted by Crippen LogP contribution is -2.01. The highest BCUT2D eigenvalue weighted by atomic mass is 16.1. The van der Waals surface area contributed by atoms with Crippen LogP contribution in [0.5, 0.6) is 0 Å². The Bertz CT molecular complexity index is 143. The monoisotopic (exact) mass is 156 g/mol. The van der Waals surface area contributed by atoms with E-state index in [9.17, 15) is 9.59 Å². The number of carbonyl (C=O) groups is 2. The van der Waals surface area contributed by atoms with Gasteiger partial charge in [-0.15, -0.1) is 0 Å². The molecule has 0 saturated heterocycles. The zero-order valence-corrected chi connectivity index (χ0v) is 6.85. The van der Waals surface area contributed by atoms with Crippen molar-refractivity contribution in [1.29, 1.82) is 0 Å². The lowest BCUT2D eigenvalue weighted by Gasteiger charge is -1.95. The van der Waals surface area contributed by atoms with Crippen LogP contribution < -0.4 is 5.73 Å². The standard InChI is InChI=1S/C8H14NO2/c1-2-4-7(10)5-3-6-8(9)11/h9H,2-6H2,1H3. The van der Waals surface area contributed by atoms with E-state index in [1.54, 1.807) is 0 Å². The predicted molar refractivity (Wildman–Crippen MR) is 41.9 cm³/mol. The second-order valence-corrected chi connectivity index (χ2v) is 2.57. The summed E-state index contributed by atoms with van der Waals surface area (Å²) in [4.78, 5) is 21.0. The van der Waals surface area contributed by atoms with Crippen molar-refractivity contribution in [3.8, 4) is 0 Å². The van der Waals surface area contributed by atoms with Gasteiger partial charge in [-0.1, -0.05) is 6.92 Å². The molecule has 3 nitrogen and oxygen atoms in total. The van der Waals surface area contributed by atoms with Crippen molar-refractivity contribution in [1.82, 2.24) is 5.73 Å². The molecule has 0 unspecified atom stereocenters. The van der Waals surface area contributed by atoms with Crippen molar-refractivity contribution < 1.29 is 9.59 Å². The quantitative estimate of drug-likeness (QED) is 0.582. The molecule has 3 heteroatoms. The number of hydrogen-bond donors (Lipinski definition) is 0. The summed E-state index contributed by atoms with van der Waals surface area (Å²) in [7, 11) is 0. The van der Waals surface area contributed by atoms with Crippen LogP contribution >= 0.6 is 0 Å². The first-order valence-corrected chi connectivity index (χ1v) is 3.93. The number of amides is 1. The van der Waals surface area contributed by atoms with Crippen LogP contribution in [0.25, 0.3) is 0 Å². The van der Waals surface area contributed by atoms with Gasteiger partial charge in [0.2, 0.25) is 5.91 Å². The van der Waals surface area contributed by atoms with Crippen molar-refractivity contribution in [2.45, 2.75) is 39.0 Å². The van der Waals surface area contributed by atoms with Gasteiger partial charge in [-0.3, -0.25) is 15.3 Å². The van der Waals surface area contributed by atoms with Crippen LogP contribution in [-0.4, -0.2) is 11.7 Å². The van der Waals surface area contributed by atoms with E-state index in [1.807, 2.05) is 6.92 Å². The highest BCUT2D eigenvalue weighted by Gasteiger charge is 2.01. The first-order valence-electron chi connectivity index (χ1n) is 3.93. The maximum absolute atomic E-state index is 10.9. The van der Waals surface area contributed by atoms with Gasteiger partial charge in [0.15, 0.2) is 0 Å². The molecule has 0 saturated carbocycles. The highest BCUT2D eigenvalue weighted by molar-refractivity contribution is 5.79. The molecule has 0 aromatic carbocycles. The Balaban J connectivity index is 3.24. The Morgan fingerprint density at radius 3 is 2.27 bits per heavy atom. The number of rotatable bonds is 6. The first kappa shape index (κ1) is 10.1. The Kier molecular flexibility index (Phi) is 5.43. The minimum atomic E-state index is -0.575. The molecule has 11 heavy (non-hydrogen) atoms. The van der Waals surface area contributed by atoms with Gasteiger partial charge in [0.05, 0.1) is 0 Å². The molecule has 0 bridgehead atoms. The predicted octanol–water partition coefficient (Wildman–Crippen LogP) is 1.34. The summed E-state index contributed by atoms with van der Waals surface area (Å²) < 4.78 is 0. The summed E-state index contributed by atoms with van der Waals surface area (Å²) in [6.07, 6.45) is 2.69. The van der Waals surface area contributed by atoms with Crippen LogP contribution in [0.1, 0.15) is 39.0 Å². The first-order chi connectivity index (χ1) is 5.16. The zero-order valence-electron chi connectivity index (χ0n) is 6.85. The van der Waals surface area contributed by atoms with E-state index in [2.05, 4.69) is 0 Å². The van der Waals surface area contributed by atoms with Crippen LogP contribution in [0.2, 0.25) is 0 Å². The molecule has 1 radical (unpaired) electrons. The highest BCUT2D eigenvalue weighted by Crippen LogP contribution is 2.00. The van der Waals surface area contributed by atoms with Crippen molar-refractivity contribution in [3.05, 3.63) is 0 Å². The van der Waals surface area contributed by atoms with Crippen molar-refractivity contribution >= 4 is 11.7 Å². The molecule has 0 heterocycles. The summed E-state index contributed by atoms with van der Waals surface area (Å²) in [5, 5.41) is 0. The van der Waals surface area contributed by atoms with Gasteiger partial charge in [-0.25, -0.2) is 0 Å². The Labute approximate surface area is 67.0 Å². The molecule has 0 aromatic rings. The molecule has 1 N–H and O–H groups in total. The fourth-order valence-corrected chi connectivity index (χ4v) is 0.850. The average Bonchev–Trinajstić information content (AvgIpc) is 1.87. The molecule has 0 spiro atoms. The maximum atomic E-state index is 10.9. The molecule has 0 aliphatic rings. The fourth-order valence-electron chi connectivity index (χ4n) is 0.850. The second kappa shape index (κ2) is 5.89. The second-order valence-electron chi connectivity index (χ2n) is 2.57. The van der Waals surface area contributed by atoms with Gasteiger partial charge in [0, 0.05) is 19.3 Å². The summed E-state index contributed by atoms with van der Waals surface area (Å²) in [5.41, 5.74) is 6.57. The van der Waals surface area contributed by atoms with Gasteiger partial charge in [0.1, 0.15) is 5.78 Å². The van der Waals surface area contributed by atoms with Gasteiger partial charge in [-0.05, 0) is 12.8 Å².